The van der Waals surface area contributed by atoms with Crippen molar-refractivity contribution in [1.29, 1.82) is 0 Å². The molecule has 5 heteroatoms. The van der Waals surface area contributed by atoms with Gasteiger partial charge in [-0.05, 0) is 23.3 Å². The zero-order valence-electron chi connectivity index (χ0n) is 10.9. The summed E-state index contributed by atoms with van der Waals surface area (Å²) in [5.41, 5.74) is 0.0473. The highest BCUT2D eigenvalue weighted by Crippen LogP contribution is 2.21. The first kappa shape index (κ1) is 13.7. The van der Waals surface area contributed by atoms with Crippen LogP contribution in [0.2, 0.25) is 0 Å². The molecule has 2 aromatic carbocycles. The van der Waals surface area contributed by atoms with Gasteiger partial charge in [0.1, 0.15) is 0 Å². The summed E-state index contributed by atoms with van der Waals surface area (Å²) in [6.45, 7) is 1.70. The third-order valence-electron chi connectivity index (χ3n) is 2.80. The fourth-order valence-electron chi connectivity index (χ4n) is 1.91. The maximum Gasteiger partial charge on any atom is 0.409 e. The van der Waals surface area contributed by atoms with Crippen LogP contribution in [0.3, 0.4) is 0 Å². The van der Waals surface area contributed by atoms with Crippen LogP contribution in [0.1, 0.15) is 12.5 Å². The smallest absolute Gasteiger partial charge is 0.409 e. The second-order valence-electron chi connectivity index (χ2n) is 4.08. The zero-order chi connectivity index (χ0) is 14.5. The van der Waals surface area contributed by atoms with Crippen molar-refractivity contribution in [3.05, 3.63) is 63.8 Å². The lowest BCUT2D eigenvalue weighted by Gasteiger charge is -2.03. The fraction of sp³-hybridized carbons (Fsp3) is 0.133. The van der Waals surface area contributed by atoms with Crippen LogP contribution in [0.5, 0.6) is 0 Å². The first-order chi connectivity index (χ1) is 9.63. The molecule has 0 atom stereocenters. The normalized spacial score (nSPS) is 11.3. The summed E-state index contributed by atoms with van der Waals surface area (Å²) < 4.78 is 4.70. The van der Waals surface area contributed by atoms with Crippen LogP contribution in [0.4, 0.5) is 0 Å². The number of rotatable bonds is 4. The van der Waals surface area contributed by atoms with Gasteiger partial charge in [-0.1, -0.05) is 42.5 Å². The third kappa shape index (κ3) is 2.83. The summed E-state index contributed by atoms with van der Waals surface area (Å²) in [6, 6.07) is 12.9. The average Bonchev–Trinajstić information content (AvgIpc) is 2.44. The molecule has 0 saturated heterocycles. The van der Waals surface area contributed by atoms with E-state index in [-0.39, 0.29) is 6.61 Å². The van der Waals surface area contributed by atoms with Crippen LogP contribution in [-0.4, -0.2) is 17.5 Å². The predicted molar refractivity (Wildman–Crippen MR) is 75.6 cm³/mol. The number of nitro groups is 1. The Morgan fingerprint density at radius 3 is 2.65 bits per heavy atom. The number of hydrogen-bond acceptors (Lipinski definition) is 4. The van der Waals surface area contributed by atoms with E-state index in [1.807, 2.05) is 30.3 Å². The molecule has 20 heavy (non-hydrogen) atoms. The number of ether oxygens (including phenoxy) is 1. The lowest BCUT2D eigenvalue weighted by molar-refractivity contribution is -0.419. The van der Waals surface area contributed by atoms with Gasteiger partial charge >= 0.3 is 11.7 Å². The van der Waals surface area contributed by atoms with Crippen LogP contribution in [0, 0.1) is 10.1 Å². The Hall–Kier alpha value is -2.69. The van der Waals surface area contributed by atoms with Gasteiger partial charge in [-0.2, -0.15) is 0 Å². The second kappa shape index (κ2) is 5.97. The number of benzene rings is 2. The van der Waals surface area contributed by atoms with E-state index >= 15 is 0 Å². The molecule has 0 aliphatic rings. The van der Waals surface area contributed by atoms with Gasteiger partial charge in [-0.3, -0.25) is 10.1 Å². The Balaban J connectivity index is 2.54. The average molecular weight is 271 g/mol. The molecule has 0 aromatic heterocycles. The highest BCUT2D eigenvalue weighted by atomic mass is 16.6. The molecule has 0 N–H and O–H groups in total. The van der Waals surface area contributed by atoms with E-state index in [0.717, 1.165) is 10.8 Å². The molecule has 0 fully saturated rings. The van der Waals surface area contributed by atoms with Gasteiger partial charge in [0.2, 0.25) is 0 Å². The number of fused-ring (bicyclic) bond motifs is 1. The summed E-state index contributed by atoms with van der Waals surface area (Å²) >= 11 is 0. The molecule has 0 aliphatic carbocycles. The van der Waals surface area contributed by atoms with E-state index in [4.69, 9.17) is 4.74 Å². The van der Waals surface area contributed by atoms with Crippen LogP contribution >= 0.6 is 0 Å². The molecule has 0 saturated carbocycles. The van der Waals surface area contributed by atoms with Crippen molar-refractivity contribution in [1.82, 2.24) is 0 Å². The first-order valence-corrected chi connectivity index (χ1v) is 6.14. The van der Waals surface area contributed by atoms with Gasteiger partial charge in [-0.25, -0.2) is 4.79 Å². The van der Waals surface area contributed by atoms with Crippen molar-refractivity contribution in [2.24, 2.45) is 0 Å². The van der Waals surface area contributed by atoms with Crippen molar-refractivity contribution in [3.63, 3.8) is 0 Å². The number of hydrogen-bond donors (Lipinski definition) is 0. The SMILES string of the molecule is CCOC(=O)C(=Cc1cccc2ccccc12)[N+](=O)[O-]. The molecule has 0 amide bonds. The molecular weight excluding hydrogens is 258 g/mol. The topological polar surface area (TPSA) is 69.4 Å². The standard InChI is InChI=1S/C15H13NO4/c1-2-20-15(17)14(16(18)19)10-12-8-5-7-11-6-3-4-9-13(11)12/h3-10H,2H2,1H3. The maximum atomic E-state index is 11.6. The van der Waals surface area contributed by atoms with E-state index in [9.17, 15) is 14.9 Å². The van der Waals surface area contributed by atoms with Crippen molar-refractivity contribution in [3.8, 4) is 0 Å². The van der Waals surface area contributed by atoms with E-state index in [1.54, 1.807) is 19.1 Å². The highest BCUT2D eigenvalue weighted by molar-refractivity contribution is 5.96. The molecule has 0 radical (unpaired) electrons. The van der Waals surface area contributed by atoms with Crippen molar-refractivity contribution < 1.29 is 14.5 Å². The van der Waals surface area contributed by atoms with Gasteiger partial charge in [-0.15, -0.1) is 0 Å². The summed E-state index contributed by atoms with van der Waals surface area (Å²) in [6.07, 6.45) is 1.25. The van der Waals surface area contributed by atoms with Gasteiger partial charge in [0.05, 0.1) is 11.5 Å². The molecular formula is C15H13NO4. The minimum Gasteiger partial charge on any atom is -0.458 e. The Bertz CT molecular complexity index is 686. The van der Waals surface area contributed by atoms with E-state index in [2.05, 4.69) is 0 Å². The lowest BCUT2D eigenvalue weighted by atomic mass is 10.0. The summed E-state index contributed by atoms with van der Waals surface area (Å²) in [5, 5.41) is 12.8. The Kier molecular flexibility index (Phi) is 4.10. The van der Waals surface area contributed by atoms with Crippen molar-refractivity contribution >= 4 is 22.8 Å². The van der Waals surface area contributed by atoms with E-state index < -0.39 is 16.6 Å². The third-order valence-corrected chi connectivity index (χ3v) is 2.80. The quantitative estimate of drug-likeness (QED) is 0.371. The van der Waals surface area contributed by atoms with Gasteiger partial charge in [0.15, 0.2) is 0 Å². The van der Waals surface area contributed by atoms with Crippen LogP contribution in [-0.2, 0) is 9.53 Å². The van der Waals surface area contributed by atoms with Crippen molar-refractivity contribution in [2.45, 2.75) is 6.92 Å². The molecule has 0 bridgehead atoms. The highest BCUT2D eigenvalue weighted by Gasteiger charge is 2.23. The molecule has 102 valence electrons. The molecule has 2 rings (SSSR count). The molecule has 0 spiro atoms. The summed E-state index contributed by atoms with van der Waals surface area (Å²) in [4.78, 5) is 21.9. The molecule has 0 unspecified atom stereocenters. The Labute approximate surface area is 115 Å². The first-order valence-electron chi connectivity index (χ1n) is 6.14. The predicted octanol–water partition coefficient (Wildman–Crippen LogP) is 3.02. The molecule has 2 aromatic rings. The second-order valence-corrected chi connectivity index (χ2v) is 4.08. The summed E-state index contributed by atoms with van der Waals surface area (Å²) in [5.74, 6) is -0.926. The van der Waals surface area contributed by atoms with Gasteiger partial charge < -0.3 is 4.74 Å². The summed E-state index contributed by atoms with van der Waals surface area (Å²) in [7, 11) is 0. The number of nitrogens with zero attached hydrogens (tertiary/aromatic N) is 1. The van der Waals surface area contributed by atoms with Crippen LogP contribution in [0.25, 0.3) is 16.8 Å². The van der Waals surface area contributed by atoms with Crippen molar-refractivity contribution in [2.75, 3.05) is 6.61 Å². The Morgan fingerprint density at radius 2 is 1.95 bits per heavy atom. The Morgan fingerprint density at radius 1 is 1.25 bits per heavy atom. The largest absolute Gasteiger partial charge is 0.458 e. The lowest BCUT2D eigenvalue weighted by Crippen LogP contribution is -2.14. The minimum absolute atomic E-state index is 0.0968. The fourth-order valence-corrected chi connectivity index (χ4v) is 1.91. The van der Waals surface area contributed by atoms with E-state index in [1.165, 1.54) is 6.08 Å². The number of esters is 1. The van der Waals surface area contributed by atoms with Gasteiger partial charge in [0, 0.05) is 6.08 Å². The van der Waals surface area contributed by atoms with E-state index in [0.29, 0.717) is 5.56 Å². The zero-order valence-corrected chi connectivity index (χ0v) is 10.9. The monoisotopic (exact) mass is 271 g/mol. The number of carbonyl (C=O) groups is 1. The van der Waals surface area contributed by atoms with Crippen LogP contribution < -0.4 is 0 Å². The molecule has 5 nitrogen and oxygen atoms in total. The minimum atomic E-state index is -0.926. The maximum absolute atomic E-state index is 11.6. The number of carbonyl (C=O) groups excluding carboxylic acids is 1. The molecule has 0 aliphatic heterocycles. The molecule has 0 heterocycles. The van der Waals surface area contributed by atoms with Gasteiger partial charge in [0.25, 0.3) is 0 Å². The van der Waals surface area contributed by atoms with Crippen LogP contribution in [0.15, 0.2) is 48.2 Å².